The van der Waals surface area contributed by atoms with Crippen LogP contribution < -0.4 is 0 Å². The predicted molar refractivity (Wildman–Crippen MR) is 40.4 cm³/mol. The van der Waals surface area contributed by atoms with Crippen LogP contribution in [0.1, 0.15) is 12.8 Å². The van der Waals surface area contributed by atoms with Gasteiger partial charge in [0.1, 0.15) is 0 Å². The van der Waals surface area contributed by atoms with Crippen LogP contribution in [-0.2, 0) is 19.4 Å². The highest BCUT2D eigenvalue weighted by Gasteiger charge is 2.11. The van der Waals surface area contributed by atoms with Gasteiger partial charge >= 0.3 is 16.4 Å². The molecule has 0 heterocycles. The van der Waals surface area contributed by atoms with Crippen LogP contribution in [0.15, 0.2) is 0 Å². The van der Waals surface area contributed by atoms with Gasteiger partial charge in [-0.1, -0.05) is 0 Å². The lowest BCUT2D eigenvalue weighted by Gasteiger charge is -2.06. The molecule has 0 aliphatic heterocycles. The zero-order valence-electron chi connectivity index (χ0n) is 6.58. The van der Waals surface area contributed by atoms with Crippen molar-refractivity contribution < 1.29 is 32.2 Å². The van der Waals surface area contributed by atoms with Crippen molar-refractivity contribution in [3.63, 3.8) is 0 Å². The second-order valence-electron chi connectivity index (χ2n) is 2.30. The normalized spacial score (nSPS) is 14.0. The fraction of sp³-hybridized carbons (Fsp3) is 0.800. The highest BCUT2D eigenvalue weighted by molar-refractivity contribution is 7.80. The predicted octanol–water partition coefficient (Wildman–Crippen LogP) is -0.968. The topological polar surface area (TPSA) is 121 Å². The molecule has 0 saturated carbocycles. The molecule has 0 aromatic carbocycles. The van der Waals surface area contributed by atoms with Gasteiger partial charge in [-0.25, -0.2) is 4.18 Å². The number of carbonyl (C=O) groups is 1. The van der Waals surface area contributed by atoms with Crippen LogP contribution in [0.25, 0.3) is 0 Å². The van der Waals surface area contributed by atoms with E-state index in [2.05, 4.69) is 4.18 Å². The SMILES string of the molecule is O=C(O)CCC(O)COS(=O)(=O)O. The number of hydrogen-bond donors (Lipinski definition) is 3. The molecular weight excluding hydrogens is 204 g/mol. The first kappa shape index (κ1) is 12.3. The molecule has 8 heteroatoms. The highest BCUT2D eigenvalue weighted by Crippen LogP contribution is 1.99. The first-order valence-corrected chi connectivity index (χ1v) is 4.69. The molecule has 0 amide bonds. The Bertz CT molecular complexity index is 256. The quantitative estimate of drug-likeness (QED) is 0.486. The van der Waals surface area contributed by atoms with Crippen molar-refractivity contribution in [3.05, 3.63) is 0 Å². The van der Waals surface area contributed by atoms with Crippen molar-refractivity contribution in [3.8, 4) is 0 Å². The van der Waals surface area contributed by atoms with E-state index >= 15 is 0 Å². The number of aliphatic hydroxyl groups excluding tert-OH is 1. The standard InChI is InChI=1S/C5H10O7S/c6-4(1-2-5(7)8)3-12-13(9,10)11/h4,6H,1-3H2,(H,7,8)(H,9,10,11). The first-order chi connectivity index (χ1) is 5.81. The summed E-state index contributed by atoms with van der Waals surface area (Å²) in [6.07, 6.45) is -1.65. The summed E-state index contributed by atoms with van der Waals surface area (Å²) in [6, 6.07) is 0. The monoisotopic (exact) mass is 214 g/mol. The van der Waals surface area contributed by atoms with Crippen LogP contribution in [0.2, 0.25) is 0 Å². The maximum atomic E-state index is 9.99. The second kappa shape index (κ2) is 5.12. The number of rotatable bonds is 6. The van der Waals surface area contributed by atoms with Gasteiger partial charge < -0.3 is 10.2 Å². The average molecular weight is 214 g/mol. The first-order valence-electron chi connectivity index (χ1n) is 3.33. The van der Waals surface area contributed by atoms with Crippen LogP contribution in [0, 0.1) is 0 Å². The Balaban J connectivity index is 3.64. The Hall–Kier alpha value is -0.700. The van der Waals surface area contributed by atoms with E-state index in [0.717, 1.165) is 0 Å². The smallest absolute Gasteiger partial charge is 0.397 e. The fourth-order valence-corrected chi connectivity index (χ4v) is 0.867. The Morgan fingerprint density at radius 3 is 2.38 bits per heavy atom. The summed E-state index contributed by atoms with van der Waals surface area (Å²) in [5.74, 6) is -1.11. The summed E-state index contributed by atoms with van der Waals surface area (Å²) in [6.45, 7) is -0.647. The Morgan fingerprint density at radius 2 is 2.00 bits per heavy atom. The number of hydrogen-bond acceptors (Lipinski definition) is 5. The Morgan fingerprint density at radius 1 is 1.46 bits per heavy atom. The fourth-order valence-electron chi connectivity index (χ4n) is 0.538. The van der Waals surface area contributed by atoms with Gasteiger partial charge in [-0.2, -0.15) is 8.42 Å². The molecule has 1 unspecified atom stereocenters. The molecule has 0 aliphatic carbocycles. The van der Waals surface area contributed by atoms with Crippen molar-refractivity contribution in [1.29, 1.82) is 0 Å². The maximum Gasteiger partial charge on any atom is 0.397 e. The summed E-state index contributed by atoms with van der Waals surface area (Å²) < 4.78 is 31.8. The lowest BCUT2D eigenvalue weighted by Crippen LogP contribution is -2.19. The van der Waals surface area contributed by atoms with Crippen molar-refractivity contribution in [2.45, 2.75) is 18.9 Å². The summed E-state index contributed by atoms with van der Waals surface area (Å²) in [7, 11) is -4.57. The van der Waals surface area contributed by atoms with Crippen molar-refractivity contribution in [2.75, 3.05) is 6.61 Å². The molecule has 7 nitrogen and oxygen atoms in total. The van der Waals surface area contributed by atoms with Gasteiger partial charge in [-0.05, 0) is 6.42 Å². The molecule has 0 aromatic rings. The lowest BCUT2D eigenvalue weighted by atomic mass is 10.2. The number of aliphatic carboxylic acids is 1. The molecular formula is C5H10O7S. The summed E-state index contributed by atoms with van der Waals surface area (Å²) >= 11 is 0. The average Bonchev–Trinajstić information content (AvgIpc) is 1.95. The maximum absolute atomic E-state index is 9.99. The Kier molecular flexibility index (Phi) is 4.85. The van der Waals surface area contributed by atoms with Crippen molar-refractivity contribution in [1.82, 2.24) is 0 Å². The van der Waals surface area contributed by atoms with E-state index in [9.17, 15) is 13.2 Å². The summed E-state index contributed by atoms with van der Waals surface area (Å²) in [5, 5.41) is 17.1. The van der Waals surface area contributed by atoms with Crippen LogP contribution in [0.5, 0.6) is 0 Å². The second-order valence-corrected chi connectivity index (χ2v) is 3.39. The zero-order valence-corrected chi connectivity index (χ0v) is 7.40. The van der Waals surface area contributed by atoms with E-state index in [1.165, 1.54) is 0 Å². The van der Waals surface area contributed by atoms with E-state index < -0.39 is 29.1 Å². The lowest BCUT2D eigenvalue weighted by molar-refractivity contribution is -0.137. The zero-order chi connectivity index (χ0) is 10.5. The minimum atomic E-state index is -4.57. The van der Waals surface area contributed by atoms with Crippen molar-refractivity contribution >= 4 is 16.4 Å². The van der Waals surface area contributed by atoms with Gasteiger partial charge in [0.25, 0.3) is 0 Å². The minimum absolute atomic E-state index is 0.134. The van der Waals surface area contributed by atoms with Gasteiger partial charge in [0.15, 0.2) is 0 Å². The van der Waals surface area contributed by atoms with Gasteiger partial charge in [-0.15, -0.1) is 0 Å². The molecule has 0 aliphatic rings. The summed E-state index contributed by atoms with van der Waals surface area (Å²) in [5.41, 5.74) is 0. The molecule has 0 spiro atoms. The number of aliphatic hydroxyl groups is 1. The third-order valence-electron chi connectivity index (χ3n) is 1.10. The molecule has 0 fully saturated rings. The van der Waals surface area contributed by atoms with E-state index in [1.807, 2.05) is 0 Å². The molecule has 78 valence electrons. The molecule has 0 rings (SSSR count). The van der Waals surface area contributed by atoms with Crippen LogP contribution >= 0.6 is 0 Å². The molecule has 0 radical (unpaired) electrons. The van der Waals surface area contributed by atoms with E-state index in [-0.39, 0.29) is 12.8 Å². The van der Waals surface area contributed by atoms with Crippen LogP contribution in [0.3, 0.4) is 0 Å². The van der Waals surface area contributed by atoms with Gasteiger partial charge in [0.2, 0.25) is 0 Å². The van der Waals surface area contributed by atoms with E-state index in [0.29, 0.717) is 0 Å². The summed E-state index contributed by atoms with van der Waals surface area (Å²) in [4.78, 5) is 9.99. The van der Waals surface area contributed by atoms with Crippen molar-refractivity contribution in [2.24, 2.45) is 0 Å². The largest absolute Gasteiger partial charge is 0.481 e. The van der Waals surface area contributed by atoms with Gasteiger partial charge in [0, 0.05) is 6.42 Å². The molecule has 1 atom stereocenters. The van der Waals surface area contributed by atoms with Gasteiger partial charge in [-0.3, -0.25) is 9.35 Å². The molecule has 0 aromatic heterocycles. The number of carboxylic acid groups (broad SMARTS) is 1. The third kappa shape index (κ3) is 9.21. The Labute approximate surface area is 74.9 Å². The molecule has 0 bridgehead atoms. The third-order valence-corrected chi connectivity index (χ3v) is 1.53. The highest BCUT2D eigenvalue weighted by atomic mass is 32.3. The minimum Gasteiger partial charge on any atom is -0.481 e. The van der Waals surface area contributed by atoms with E-state index in [1.54, 1.807) is 0 Å². The molecule has 0 saturated heterocycles. The van der Waals surface area contributed by atoms with Crippen LogP contribution in [0.4, 0.5) is 0 Å². The molecule has 3 N–H and O–H groups in total. The van der Waals surface area contributed by atoms with Crippen LogP contribution in [-0.4, -0.2) is 41.9 Å². The van der Waals surface area contributed by atoms with Gasteiger partial charge in [0.05, 0.1) is 12.7 Å². The molecule has 13 heavy (non-hydrogen) atoms. The number of carboxylic acids is 1. The van der Waals surface area contributed by atoms with E-state index in [4.69, 9.17) is 14.8 Å².